The molecule has 3 amide bonds. The standard InChI is InChI=1S/C16H22ClN3O2/c1-11-6-8-20(9-7-11)15(21)10-14(19-16(18)22)12-4-2-3-5-13(12)17/h2-5,11,14H,6-10H2,1H3,(H3,18,19,22). The number of hydrogen-bond acceptors (Lipinski definition) is 2. The van der Waals surface area contributed by atoms with Gasteiger partial charge in [-0.25, -0.2) is 4.79 Å². The molecule has 1 aliphatic heterocycles. The Morgan fingerprint density at radius 3 is 2.59 bits per heavy atom. The molecule has 5 nitrogen and oxygen atoms in total. The maximum Gasteiger partial charge on any atom is 0.312 e. The van der Waals surface area contributed by atoms with E-state index in [1.165, 1.54) is 0 Å². The van der Waals surface area contributed by atoms with Gasteiger partial charge in [0.1, 0.15) is 0 Å². The Balaban J connectivity index is 2.08. The van der Waals surface area contributed by atoms with Crippen LogP contribution in [0.25, 0.3) is 0 Å². The van der Waals surface area contributed by atoms with Crippen LogP contribution in [0.15, 0.2) is 24.3 Å². The van der Waals surface area contributed by atoms with Gasteiger partial charge in [-0.3, -0.25) is 4.79 Å². The third-order valence-electron chi connectivity index (χ3n) is 4.11. The lowest BCUT2D eigenvalue weighted by atomic mass is 9.97. The number of amides is 3. The molecule has 1 fully saturated rings. The van der Waals surface area contributed by atoms with Gasteiger partial charge in [-0.2, -0.15) is 0 Å². The topological polar surface area (TPSA) is 75.4 Å². The van der Waals surface area contributed by atoms with Crippen molar-refractivity contribution in [1.29, 1.82) is 0 Å². The second kappa shape index (κ2) is 7.49. The molecule has 1 unspecified atom stereocenters. The van der Waals surface area contributed by atoms with Crippen LogP contribution in [0.4, 0.5) is 4.79 Å². The van der Waals surface area contributed by atoms with Crippen molar-refractivity contribution in [2.75, 3.05) is 13.1 Å². The van der Waals surface area contributed by atoms with Gasteiger partial charge < -0.3 is 16.0 Å². The summed E-state index contributed by atoms with van der Waals surface area (Å²) < 4.78 is 0. The molecule has 0 radical (unpaired) electrons. The van der Waals surface area contributed by atoms with Crippen LogP contribution >= 0.6 is 11.6 Å². The molecule has 0 bridgehead atoms. The van der Waals surface area contributed by atoms with Crippen molar-refractivity contribution < 1.29 is 9.59 Å². The van der Waals surface area contributed by atoms with Crippen molar-refractivity contribution in [3.8, 4) is 0 Å². The number of carbonyl (C=O) groups excluding carboxylic acids is 2. The summed E-state index contributed by atoms with van der Waals surface area (Å²) in [4.78, 5) is 25.6. The van der Waals surface area contributed by atoms with Crippen molar-refractivity contribution >= 4 is 23.5 Å². The maximum absolute atomic E-state index is 12.5. The van der Waals surface area contributed by atoms with Gasteiger partial charge in [0, 0.05) is 18.1 Å². The predicted octanol–water partition coefficient (Wildman–Crippen LogP) is 2.70. The van der Waals surface area contributed by atoms with Gasteiger partial charge in [0.15, 0.2) is 0 Å². The molecule has 1 saturated heterocycles. The molecular formula is C16H22ClN3O2. The molecule has 6 heteroatoms. The Morgan fingerprint density at radius 2 is 2.00 bits per heavy atom. The number of primary amides is 1. The predicted molar refractivity (Wildman–Crippen MR) is 86.5 cm³/mol. The van der Waals surface area contributed by atoms with E-state index in [4.69, 9.17) is 17.3 Å². The zero-order chi connectivity index (χ0) is 16.1. The SMILES string of the molecule is CC1CCN(C(=O)CC(NC(N)=O)c2ccccc2Cl)CC1. The highest BCUT2D eigenvalue weighted by molar-refractivity contribution is 6.31. The number of rotatable bonds is 4. The molecule has 3 N–H and O–H groups in total. The maximum atomic E-state index is 12.5. The fourth-order valence-corrected chi connectivity index (χ4v) is 3.00. The highest BCUT2D eigenvalue weighted by Gasteiger charge is 2.25. The number of piperidine rings is 1. The molecule has 1 atom stereocenters. The minimum Gasteiger partial charge on any atom is -0.352 e. The molecule has 1 aliphatic rings. The van der Waals surface area contributed by atoms with E-state index in [2.05, 4.69) is 12.2 Å². The van der Waals surface area contributed by atoms with Crippen LogP contribution < -0.4 is 11.1 Å². The molecule has 1 heterocycles. The lowest BCUT2D eigenvalue weighted by Crippen LogP contribution is -2.41. The van der Waals surface area contributed by atoms with Gasteiger partial charge in [-0.05, 0) is 30.4 Å². The Hall–Kier alpha value is -1.75. The number of benzene rings is 1. The molecule has 0 aliphatic carbocycles. The summed E-state index contributed by atoms with van der Waals surface area (Å²) >= 11 is 6.17. The Labute approximate surface area is 135 Å². The second-order valence-electron chi connectivity index (χ2n) is 5.85. The quantitative estimate of drug-likeness (QED) is 0.894. The molecule has 2 rings (SSSR count). The van der Waals surface area contributed by atoms with E-state index in [0.29, 0.717) is 16.5 Å². The van der Waals surface area contributed by atoms with Crippen LogP contribution in [0.5, 0.6) is 0 Å². The number of nitrogens with zero attached hydrogens (tertiary/aromatic N) is 1. The summed E-state index contributed by atoms with van der Waals surface area (Å²) in [5, 5.41) is 3.14. The lowest BCUT2D eigenvalue weighted by molar-refractivity contribution is -0.133. The van der Waals surface area contributed by atoms with Gasteiger partial charge in [-0.15, -0.1) is 0 Å². The van der Waals surface area contributed by atoms with E-state index >= 15 is 0 Å². The summed E-state index contributed by atoms with van der Waals surface area (Å²) in [6.07, 6.45) is 2.21. The van der Waals surface area contributed by atoms with Crippen molar-refractivity contribution in [2.24, 2.45) is 11.7 Å². The second-order valence-corrected chi connectivity index (χ2v) is 6.26. The minimum atomic E-state index is -0.662. The summed E-state index contributed by atoms with van der Waals surface area (Å²) in [7, 11) is 0. The van der Waals surface area contributed by atoms with Crippen molar-refractivity contribution in [3.63, 3.8) is 0 Å². The number of hydrogen-bond donors (Lipinski definition) is 2. The summed E-state index contributed by atoms with van der Waals surface area (Å²) in [6.45, 7) is 3.74. The average molecular weight is 324 g/mol. The van der Waals surface area contributed by atoms with E-state index in [9.17, 15) is 9.59 Å². The van der Waals surface area contributed by atoms with Crippen LogP contribution in [-0.2, 0) is 4.79 Å². The normalized spacial score (nSPS) is 17.1. The molecule has 1 aromatic carbocycles. The Kier molecular flexibility index (Phi) is 5.66. The number of nitrogens with two attached hydrogens (primary N) is 1. The van der Waals surface area contributed by atoms with Crippen LogP contribution in [0.1, 0.15) is 37.8 Å². The van der Waals surface area contributed by atoms with Gasteiger partial charge >= 0.3 is 6.03 Å². The van der Waals surface area contributed by atoms with Gasteiger partial charge in [-0.1, -0.05) is 36.7 Å². The lowest BCUT2D eigenvalue weighted by Gasteiger charge is -2.31. The van der Waals surface area contributed by atoms with Crippen molar-refractivity contribution in [2.45, 2.75) is 32.2 Å². The molecular weight excluding hydrogens is 302 g/mol. The number of carbonyl (C=O) groups is 2. The smallest absolute Gasteiger partial charge is 0.312 e. The van der Waals surface area contributed by atoms with Crippen LogP contribution in [0.3, 0.4) is 0 Å². The van der Waals surface area contributed by atoms with Crippen LogP contribution in [0, 0.1) is 5.92 Å². The van der Waals surface area contributed by atoms with Crippen molar-refractivity contribution in [1.82, 2.24) is 10.2 Å². The fourth-order valence-electron chi connectivity index (χ4n) is 2.73. The number of likely N-dealkylation sites (tertiary alicyclic amines) is 1. The number of urea groups is 1. The highest BCUT2D eigenvalue weighted by Crippen LogP contribution is 2.26. The monoisotopic (exact) mass is 323 g/mol. The fraction of sp³-hybridized carbons (Fsp3) is 0.500. The molecule has 22 heavy (non-hydrogen) atoms. The van der Waals surface area contributed by atoms with Crippen molar-refractivity contribution in [3.05, 3.63) is 34.9 Å². The minimum absolute atomic E-state index is 0.0190. The number of halogens is 1. The highest BCUT2D eigenvalue weighted by atomic mass is 35.5. The first kappa shape index (κ1) is 16.6. The first-order valence-corrected chi connectivity index (χ1v) is 7.93. The molecule has 0 spiro atoms. The van der Waals surface area contributed by atoms with Crippen LogP contribution in [0.2, 0.25) is 5.02 Å². The largest absolute Gasteiger partial charge is 0.352 e. The average Bonchev–Trinajstić information content (AvgIpc) is 2.47. The van der Waals surface area contributed by atoms with E-state index < -0.39 is 12.1 Å². The Bertz CT molecular complexity index is 542. The van der Waals surface area contributed by atoms with E-state index in [-0.39, 0.29) is 12.3 Å². The molecule has 0 saturated carbocycles. The van der Waals surface area contributed by atoms with E-state index in [0.717, 1.165) is 25.9 Å². The first-order chi connectivity index (χ1) is 10.5. The first-order valence-electron chi connectivity index (χ1n) is 7.55. The zero-order valence-corrected chi connectivity index (χ0v) is 13.5. The third kappa shape index (κ3) is 4.37. The number of nitrogens with one attached hydrogen (secondary N) is 1. The summed E-state index contributed by atoms with van der Waals surface area (Å²) in [5.74, 6) is 0.678. The zero-order valence-electron chi connectivity index (χ0n) is 12.7. The summed E-state index contributed by atoms with van der Waals surface area (Å²) in [5.41, 5.74) is 5.95. The van der Waals surface area contributed by atoms with Crippen LogP contribution in [-0.4, -0.2) is 29.9 Å². The van der Waals surface area contributed by atoms with Gasteiger partial charge in [0.05, 0.1) is 12.5 Å². The summed E-state index contributed by atoms with van der Waals surface area (Å²) in [6, 6.07) is 6.00. The van der Waals surface area contributed by atoms with Gasteiger partial charge in [0.2, 0.25) is 5.91 Å². The van der Waals surface area contributed by atoms with E-state index in [1.807, 2.05) is 11.0 Å². The van der Waals surface area contributed by atoms with Gasteiger partial charge in [0.25, 0.3) is 0 Å². The third-order valence-corrected chi connectivity index (χ3v) is 4.46. The molecule has 120 valence electrons. The molecule has 1 aromatic rings. The van der Waals surface area contributed by atoms with E-state index in [1.54, 1.807) is 18.2 Å². The molecule has 0 aromatic heterocycles. The Morgan fingerprint density at radius 1 is 1.36 bits per heavy atom.